The van der Waals surface area contributed by atoms with E-state index in [0.717, 1.165) is 12.8 Å². The van der Waals surface area contributed by atoms with E-state index in [2.05, 4.69) is 5.32 Å². The number of carbonyl (C=O) groups is 1. The van der Waals surface area contributed by atoms with Crippen molar-refractivity contribution < 1.29 is 13.9 Å². The highest BCUT2D eigenvalue weighted by molar-refractivity contribution is 5.91. The summed E-state index contributed by atoms with van der Waals surface area (Å²) in [6.45, 7) is 3.03. The number of nitrogens with zero attached hydrogens (tertiary/aromatic N) is 1. The molecule has 1 heterocycles. The van der Waals surface area contributed by atoms with Crippen molar-refractivity contribution in [3.8, 4) is 5.75 Å². The van der Waals surface area contributed by atoms with Crippen LogP contribution in [0.2, 0.25) is 0 Å². The predicted molar refractivity (Wildman–Crippen MR) is 91.7 cm³/mol. The van der Waals surface area contributed by atoms with Crippen molar-refractivity contribution in [2.45, 2.75) is 25.8 Å². The number of nitrogens with one attached hydrogen (secondary N) is 1. The minimum atomic E-state index is -0.267. The maximum absolute atomic E-state index is 14.1. The van der Waals surface area contributed by atoms with Crippen molar-refractivity contribution in [3.63, 3.8) is 0 Å². The number of hydrogen-bond donors (Lipinski definition) is 1. The minimum absolute atomic E-state index is 0.229. The molecular formula is C19H21FN2O2. The molecule has 1 atom stereocenters. The summed E-state index contributed by atoms with van der Waals surface area (Å²) in [6.07, 6.45) is 1.63. The molecule has 5 heteroatoms. The molecule has 0 spiro atoms. The van der Waals surface area contributed by atoms with Gasteiger partial charge in [0.25, 0.3) is 0 Å². The average Bonchev–Trinajstić information content (AvgIpc) is 3.07. The number of amides is 2. The lowest BCUT2D eigenvalue weighted by Crippen LogP contribution is -2.34. The molecule has 0 bridgehead atoms. The summed E-state index contributed by atoms with van der Waals surface area (Å²) in [4.78, 5) is 14.4. The number of benzene rings is 2. The van der Waals surface area contributed by atoms with Crippen LogP contribution in [0.5, 0.6) is 5.75 Å². The third-order valence-corrected chi connectivity index (χ3v) is 4.21. The first-order valence-electron chi connectivity index (χ1n) is 8.24. The molecule has 1 N–H and O–H groups in total. The van der Waals surface area contributed by atoms with Gasteiger partial charge in [0.05, 0.1) is 18.3 Å². The van der Waals surface area contributed by atoms with Crippen molar-refractivity contribution in [1.82, 2.24) is 4.90 Å². The molecule has 1 aliphatic rings. The fourth-order valence-electron chi connectivity index (χ4n) is 3.12. The van der Waals surface area contributed by atoms with Crippen LogP contribution in [0.1, 0.15) is 31.4 Å². The maximum atomic E-state index is 14.1. The highest BCUT2D eigenvalue weighted by Crippen LogP contribution is 2.34. The largest absolute Gasteiger partial charge is 0.492 e. The van der Waals surface area contributed by atoms with Gasteiger partial charge in [-0.15, -0.1) is 0 Å². The van der Waals surface area contributed by atoms with Crippen molar-refractivity contribution >= 4 is 11.7 Å². The van der Waals surface area contributed by atoms with Gasteiger partial charge >= 0.3 is 6.03 Å². The molecule has 126 valence electrons. The SMILES string of the molecule is CCOc1ccccc1NC(=O)N1CCC[C@H]1c1ccccc1F. The number of para-hydroxylation sites is 2. The first-order chi connectivity index (χ1) is 11.7. The Kier molecular flexibility index (Phi) is 4.99. The Balaban J connectivity index is 1.78. The van der Waals surface area contributed by atoms with E-state index >= 15 is 0 Å². The second kappa shape index (κ2) is 7.34. The van der Waals surface area contributed by atoms with E-state index in [9.17, 15) is 9.18 Å². The van der Waals surface area contributed by atoms with Crippen LogP contribution in [-0.2, 0) is 0 Å². The molecule has 24 heavy (non-hydrogen) atoms. The number of rotatable bonds is 4. The van der Waals surface area contributed by atoms with Gasteiger partial charge < -0.3 is 15.0 Å². The zero-order chi connectivity index (χ0) is 16.9. The molecule has 2 aromatic carbocycles. The van der Waals surface area contributed by atoms with E-state index in [-0.39, 0.29) is 17.9 Å². The van der Waals surface area contributed by atoms with Crippen LogP contribution >= 0.6 is 0 Å². The van der Waals surface area contributed by atoms with E-state index in [4.69, 9.17) is 4.74 Å². The third kappa shape index (κ3) is 3.35. The van der Waals surface area contributed by atoms with Gasteiger partial charge in [0.2, 0.25) is 0 Å². The molecule has 2 aromatic rings. The van der Waals surface area contributed by atoms with Crippen LogP contribution in [0.25, 0.3) is 0 Å². The van der Waals surface area contributed by atoms with Crippen molar-refractivity contribution in [3.05, 3.63) is 59.9 Å². The number of ether oxygens (including phenoxy) is 1. The zero-order valence-corrected chi connectivity index (χ0v) is 13.7. The van der Waals surface area contributed by atoms with E-state index in [1.54, 1.807) is 29.2 Å². The molecule has 1 aliphatic heterocycles. The normalized spacial score (nSPS) is 16.9. The average molecular weight is 328 g/mol. The van der Waals surface area contributed by atoms with Crippen molar-refractivity contribution in [2.75, 3.05) is 18.5 Å². The number of likely N-dealkylation sites (tertiary alicyclic amines) is 1. The van der Waals surface area contributed by atoms with Crippen LogP contribution in [-0.4, -0.2) is 24.1 Å². The second-order valence-corrected chi connectivity index (χ2v) is 5.73. The molecule has 3 rings (SSSR count). The van der Waals surface area contributed by atoms with E-state index in [1.165, 1.54) is 6.07 Å². The van der Waals surface area contributed by atoms with Crippen LogP contribution < -0.4 is 10.1 Å². The summed E-state index contributed by atoms with van der Waals surface area (Å²) in [5, 5.41) is 2.90. The van der Waals surface area contributed by atoms with Crippen LogP contribution in [0.15, 0.2) is 48.5 Å². The Morgan fingerprint density at radius 1 is 1.25 bits per heavy atom. The zero-order valence-electron chi connectivity index (χ0n) is 13.7. The topological polar surface area (TPSA) is 41.6 Å². The fourth-order valence-corrected chi connectivity index (χ4v) is 3.12. The lowest BCUT2D eigenvalue weighted by Gasteiger charge is -2.26. The molecule has 0 radical (unpaired) electrons. The monoisotopic (exact) mass is 328 g/mol. The summed E-state index contributed by atoms with van der Waals surface area (Å²) in [5.74, 6) is 0.368. The molecule has 0 aliphatic carbocycles. The number of anilines is 1. The van der Waals surface area contributed by atoms with Gasteiger partial charge in [0, 0.05) is 12.1 Å². The quantitative estimate of drug-likeness (QED) is 0.891. The number of halogens is 1. The smallest absolute Gasteiger partial charge is 0.322 e. The van der Waals surface area contributed by atoms with Gasteiger partial charge in [-0.1, -0.05) is 30.3 Å². The van der Waals surface area contributed by atoms with Crippen molar-refractivity contribution in [1.29, 1.82) is 0 Å². The van der Waals surface area contributed by atoms with E-state index < -0.39 is 0 Å². The summed E-state index contributed by atoms with van der Waals surface area (Å²) in [7, 11) is 0. The first kappa shape index (κ1) is 16.3. The van der Waals surface area contributed by atoms with Crippen LogP contribution in [0.4, 0.5) is 14.9 Å². The number of hydrogen-bond acceptors (Lipinski definition) is 2. The van der Waals surface area contributed by atoms with Gasteiger partial charge in [0.15, 0.2) is 0 Å². The summed E-state index contributed by atoms with van der Waals surface area (Å²) in [5.41, 5.74) is 1.20. The third-order valence-electron chi connectivity index (χ3n) is 4.21. The maximum Gasteiger partial charge on any atom is 0.322 e. The highest BCUT2D eigenvalue weighted by Gasteiger charge is 2.31. The molecule has 0 unspecified atom stereocenters. The summed E-state index contributed by atoms with van der Waals surface area (Å²) in [6, 6.07) is 13.5. The van der Waals surface area contributed by atoms with E-state index in [0.29, 0.717) is 30.2 Å². The van der Waals surface area contributed by atoms with Gasteiger partial charge in [-0.3, -0.25) is 0 Å². The van der Waals surface area contributed by atoms with E-state index in [1.807, 2.05) is 25.1 Å². The Labute approximate surface area is 141 Å². The van der Waals surface area contributed by atoms with Gasteiger partial charge in [-0.25, -0.2) is 9.18 Å². The fraction of sp³-hybridized carbons (Fsp3) is 0.316. The molecule has 0 aromatic heterocycles. The van der Waals surface area contributed by atoms with Gasteiger partial charge in [0.1, 0.15) is 11.6 Å². The second-order valence-electron chi connectivity index (χ2n) is 5.73. The van der Waals surface area contributed by atoms with Gasteiger partial charge in [-0.2, -0.15) is 0 Å². The predicted octanol–water partition coefficient (Wildman–Crippen LogP) is 4.59. The Morgan fingerprint density at radius 3 is 2.79 bits per heavy atom. The van der Waals surface area contributed by atoms with Gasteiger partial charge in [-0.05, 0) is 38.0 Å². The molecule has 1 fully saturated rings. The molecule has 1 saturated heterocycles. The number of carbonyl (C=O) groups excluding carboxylic acids is 1. The Morgan fingerprint density at radius 2 is 2.00 bits per heavy atom. The van der Waals surface area contributed by atoms with Crippen LogP contribution in [0, 0.1) is 5.82 Å². The lowest BCUT2D eigenvalue weighted by molar-refractivity contribution is 0.206. The van der Waals surface area contributed by atoms with Crippen LogP contribution in [0.3, 0.4) is 0 Å². The number of urea groups is 1. The molecule has 4 nitrogen and oxygen atoms in total. The summed E-state index contributed by atoms with van der Waals surface area (Å²) >= 11 is 0. The standard InChI is InChI=1S/C19H21FN2O2/c1-2-24-18-12-6-5-10-16(18)21-19(23)22-13-7-11-17(22)14-8-3-4-9-15(14)20/h3-6,8-10,12,17H,2,7,11,13H2,1H3,(H,21,23)/t17-/m0/s1. The summed E-state index contributed by atoms with van der Waals surface area (Å²) < 4.78 is 19.6. The van der Waals surface area contributed by atoms with Crippen molar-refractivity contribution in [2.24, 2.45) is 0 Å². The molecular weight excluding hydrogens is 307 g/mol. The lowest BCUT2D eigenvalue weighted by atomic mass is 10.0. The Bertz CT molecular complexity index is 720. The highest BCUT2D eigenvalue weighted by atomic mass is 19.1. The first-order valence-corrected chi connectivity index (χ1v) is 8.24. The minimum Gasteiger partial charge on any atom is -0.492 e. The molecule has 2 amide bonds. The Hall–Kier alpha value is -2.56. The molecule has 0 saturated carbocycles.